The van der Waals surface area contributed by atoms with Gasteiger partial charge >= 0.3 is 0 Å². The standard InChI is InChI=1S/C19H30ClN3O4S/c1-22(10-7-13-27-2)15-19(24)21-18-14-16(8-9-17(18)20)28(25,26)23-11-5-3-4-6-12-23/h8-9,14H,3-7,10-13,15H2,1-2H3,(H,21,24). The third-order valence-corrected chi connectivity index (χ3v) is 6.94. The van der Waals surface area contributed by atoms with Gasteiger partial charge in [-0.05, 0) is 44.5 Å². The van der Waals surface area contributed by atoms with E-state index in [-0.39, 0.29) is 17.3 Å². The van der Waals surface area contributed by atoms with Crippen LogP contribution in [0.3, 0.4) is 0 Å². The Balaban J connectivity index is 2.06. The first-order chi connectivity index (χ1) is 13.3. The quantitative estimate of drug-likeness (QED) is 0.608. The van der Waals surface area contributed by atoms with Crippen molar-refractivity contribution in [2.45, 2.75) is 37.0 Å². The molecule has 1 amide bonds. The van der Waals surface area contributed by atoms with E-state index in [0.717, 1.165) is 38.6 Å². The number of hydrogen-bond acceptors (Lipinski definition) is 5. The molecule has 0 aliphatic carbocycles. The van der Waals surface area contributed by atoms with Crippen LogP contribution in [-0.4, -0.2) is 70.5 Å². The lowest BCUT2D eigenvalue weighted by molar-refractivity contribution is -0.117. The summed E-state index contributed by atoms with van der Waals surface area (Å²) < 4.78 is 32.5. The van der Waals surface area contributed by atoms with Crippen LogP contribution < -0.4 is 5.32 Å². The van der Waals surface area contributed by atoms with Crippen LogP contribution in [0.15, 0.2) is 23.1 Å². The van der Waals surface area contributed by atoms with Crippen LogP contribution in [0.2, 0.25) is 5.02 Å². The van der Waals surface area contributed by atoms with E-state index < -0.39 is 10.0 Å². The van der Waals surface area contributed by atoms with Gasteiger partial charge in [-0.3, -0.25) is 9.69 Å². The van der Waals surface area contributed by atoms with Gasteiger partial charge in [0, 0.05) is 33.4 Å². The van der Waals surface area contributed by atoms with Gasteiger partial charge in [0.1, 0.15) is 0 Å². The minimum Gasteiger partial charge on any atom is -0.385 e. The Morgan fingerprint density at radius 2 is 1.93 bits per heavy atom. The summed E-state index contributed by atoms with van der Waals surface area (Å²) in [5.74, 6) is -0.244. The molecule has 1 aliphatic rings. The summed E-state index contributed by atoms with van der Waals surface area (Å²) in [6.07, 6.45) is 4.65. The third kappa shape index (κ3) is 6.70. The predicted molar refractivity (Wildman–Crippen MR) is 111 cm³/mol. The number of rotatable bonds is 9. The molecule has 28 heavy (non-hydrogen) atoms. The highest BCUT2D eigenvalue weighted by Gasteiger charge is 2.26. The lowest BCUT2D eigenvalue weighted by Gasteiger charge is -2.21. The zero-order valence-corrected chi connectivity index (χ0v) is 18.2. The van der Waals surface area contributed by atoms with Gasteiger partial charge < -0.3 is 10.1 Å². The van der Waals surface area contributed by atoms with E-state index in [1.807, 2.05) is 11.9 Å². The molecular weight excluding hydrogens is 402 g/mol. The molecule has 0 radical (unpaired) electrons. The van der Waals surface area contributed by atoms with Gasteiger partial charge in [-0.1, -0.05) is 24.4 Å². The molecule has 1 saturated heterocycles. The predicted octanol–water partition coefficient (Wildman–Crippen LogP) is 2.81. The summed E-state index contributed by atoms with van der Waals surface area (Å²) in [4.78, 5) is 14.3. The second-order valence-electron chi connectivity index (χ2n) is 7.09. The van der Waals surface area contributed by atoms with Crippen LogP contribution in [0.5, 0.6) is 0 Å². The van der Waals surface area contributed by atoms with Crippen LogP contribution in [-0.2, 0) is 19.6 Å². The van der Waals surface area contributed by atoms with Crippen molar-refractivity contribution in [1.29, 1.82) is 0 Å². The van der Waals surface area contributed by atoms with E-state index in [9.17, 15) is 13.2 Å². The van der Waals surface area contributed by atoms with E-state index >= 15 is 0 Å². The van der Waals surface area contributed by atoms with E-state index in [2.05, 4.69) is 5.32 Å². The van der Waals surface area contributed by atoms with Gasteiger partial charge in [0.2, 0.25) is 15.9 Å². The average molecular weight is 432 g/mol. The normalized spacial score (nSPS) is 16.1. The molecule has 0 spiro atoms. The average Bonchev–Trinajstić information content (AvgIpc) is 2.93. The Morgan fingerprint density at radius 1 is 1.25 bits per heavy atom. The van der Waals surface area contributed by atoms with Crippen LogP contribution in [0, 0.1) is 0 Å². The number of nitrogens with one attached hydrogen (secondary N) is 1. The number of sulfonamides is 1. The highest BCUT2D eigenvalue weighted by atomic mass is 35.5. The fraction of sp³-hybridized carbons (Fsp3) is 0.632. The molecule has 0 atom stereocenters. The van der Waals surface area contributed by atoms with E-state index in [4.69, 9.17) is 16.3 Å². The van der Waals surface area contributed by atoms with Crippen molar-refractivity contribution in [2.24, 2.45) is 0 Å². The molecule has 0 aromatic heterocycles. The molecule has 1 aliphatic heterocycles. The number of anilines is 1. The molecule has 158 valence electrons. The fourth-order valence-electron chi connectivity index (χ4n) is 3.18. The van der Waals surface area contributed by atoms with Gasteiger partial charge in [0.25, 0.3) is 0 Å². The molecule has 2 rings (SSSR count). The summed E-state index contributed by atoms with van der Waals surface area (Å²) in [6, 6.07) is 4.46. The van der Waals surface area contributed by atoms with Crippen molar-refractivity contribution in [2.75, 3.05) is 52.3 Å². The van der Waals surface area contributed by atoms with Gasteiger partial charge in [-0.15, -0.1) is 0 Å². The maximum Gasteiger partial charge on any atom is 0.243 e. The summed E-state index contributed by atoms with van der Waals surface area (Å²) >= 11 is 6.19. The maximum atomic E-state index is 13.0. The minimum absolute atomic E-state index is 0.155. The van der Waals surface area contributed by atoms with Crippen molar-refractivity contribution in [3.05, 3.63) is 23.2 Å². The Bertz CT molecular complexity index is 750. The smallest absolute Gasteiger partial charge is 0.243 e. The lowest BCUT2D eigenvalue weighted by Crippen LogP contribution is -2.32. The second kappa shape index (κ2) is 11.1. The molecule has 0 unspecified atom stereocenters. The highest BCUT2D eigenvalue weighted by Crippen LogP contribution is 2.28. The second-order valence-corrected chi connectivity index (χ2v) is 9.44. The molecule has 0 saturated carbocycles. The van der Waals surface area contributed by atoms with Crippen LogP contribution >= 0.6 is 11.6 Å². The van der Waals surface area contributed by atoms with Crippen LogP contribution in [0.4, 0.5) is 5.69 Å². The van der Waals surface area contributed by atoms with Crippen molar-refractivity contribution < 1.29 is 17.9 Å². The number of nitrogens with zero attached hydrogens (tertiary/aromatic N) is 2. The molecule has 1 fully saturated rings. The molecular formula is C19H30ClN3O4S. The molecule has 9 heteroatoms. The fourth-order valence-corrected chi connectivity index (χ4v) is 4.89. The number of ether oxygens (including phenoxy) is 1. The first kappa shape index (κ1) is 23.1. The molecule has 7 nitrogen and oxygen atoms in total. The maximum absolute atomic E-state index is 13.0. The number of carbonyl (C=O) groups is 1. The van der Waals surface area contributed by atoms with Gasteiger partial charge in [-0.2, -0.15) is 4.31 Å². The number of likely N-dealkylation sites (N-methyl/N-ethyl adjacent to an activating group) is 1. The van der Waals surface area contributed by atoms with Crippen molar-refractivity contribution in [3.63, 3.8) is 0 Å². The number of benzene rings is 1. The van der Waals surface area contributed by atoms with Gasteiger partial charge in [0.15, 0.2) is 0 Å². The first-order valence-corrected chi connectivity index (χ1v) is 11.4. The molecule has 0 bridgehead atoms. The largest absolute Gasteiger partial charge is 0.385 e. The van der Waals surface area contributed by atoms with Gasteiger partial charge in [0.05, 0.1) is 22.2 Å². The van der Waals surface area contributed by atoms with Crippen molar-refractivity contribution >= 4 is 33.2 Å². The lowest BCUT2D eigenvalue weighted by atomic mass is 10.2. The van der Waals surface area contributed by atoms with Crippen molar-refractivity contribution in [1.82, 2.24) is 9.21 Å². The Morgan fingerprint density at radius 3 is 2.57 bits per heavy atom. The third-order valence-electron chi connectivity index (χ3n) is 4.72. The molecule has 1 aromatic carbocycles. The van der Waals surface area contributed by atoms with Crippen LogP contribution in [0.1, 0.15) is 32.1 Å². The minimum atomic E-state index is -3.60. The molecule has 1 N–H and O–H groups in total. The summed E-state index contributed by atoms with van der Waals surface area (Å²) in [7, 11) is -0.115. The number of halogens is 1. The number of carbonyl (C=O) groups excluding carboxylic acids is 1. The molecule has 1 heterocycles. The summed E-state index contributed by atoms with van der Waals surface area (Å²) in [6.45, 7) is 2.59. The molecule has 1 aromatic rings. The summed E-state index contributed by atoms with van der Waals surface area (Å²) in [5.41, 5.74) is 0.313. The SMILES string of the molecule is COCCCN(C)CC(=O)Nc1cc(S(=O)(=O)N2CCCCCC2)ccc1Cl. The zero-order chi connectivity index (χ0) is 20.6. The Kier molecular flexibility index (Phi) is 9.17. The van der Waals surface area contributed by atoms with E-state index in [0.29, 0.717) is 30.4 Å². The highest BCUT2D eigenvalue weighted by molar-refractivity contribution is 7.89. The monoisotopic (exact) mass is 431 g/mol. The van der Waals surface area contributed by atoms with Crippen LogP contribution in [0.25, 0.3) is 0 Å². The summed E-state index contributed by atoms with van der Waals surface area (Å²) in [5, 5.41) is 3.04. The number of hydrogen-bond donors (Lipinski definition) is 1. The Labute approximate surface area is 173 Å². The Hall–Kier alpha value is -1.19. The van der Waals surface area contributed by atoms with E-state index in [1.54, 1.807) is 7.11 Å². The topological polar surface area (TPSA) is 79.0 Å². The van der Waals surface area contributed by atoms with E-state index in [1.165, 1.54) is 22.5 Å². The first-order valence-electron chi connectivity index (χ1n) is 9.61. The zero-order valence-electron chi connectivity index (χ0n) is 16.6. The number of methoxy groups -OCH3 is 1. The van der Waals surface area contributed by atoms with Crippen molar-refractivity contribution in [3.8, 4) is 0 Å². The van der Waals surface area contributed by atoms with Gasteiger partial charge in [-0.25, -0.2) is 8.42 Å². The number of amides is 1.